The number of amides is 1. The van der Waals surface area contributed by atoms with Gasteiger partial charge in [-0.15, -0.1) is 0 Å². The molecule has 2 aromatic carbocycles. The van der Waals surface area contributed by atoms with E-state index in [1.54, 1.807) is 0 Å². The van der Waals surface area contributed by atoms with Gasteiger partial charge in [0.2, 0.25) is 5.88 Å². The second-order valence-electron chi connectivity index (χ2n) is 10.0. The van der Waals surface area contributed by atoms with Crippen LogP contribution in [0.5, 0.6) is 5.88 Å². The topological polar surface area (TPSA) is 63.5 Å². The van der Waals surface area contributed by atoms with Gasteiger partial charge in [-0.2, -0.15) is 10.1 Å². The smallest absolute Gasteiger partial charge is 0.260 e. The number of aromatic nitrogens is 3. The third-order valence-electron chi connectivity index (χ3n) is 7.19. The lowest BCUT2D eigenvalue weighted by molar-refractivity contribution is -0.134. The van der Waals surface area contributed by atoms with Crippen molar-refractivity contribution in [2.45, 2.75) is 47.1 Å². The van der Waals surface area contributed by atoms with E-state index in [0.717, 1.165) is 40.9 Å². The molecule has 1 aliphatic rings. The molecule has 7 nitrogen and oxygen atoms in total. The summed E-state index contributed by atoms with van der Waals surface area (Å²) < 4.78 is 7.86. The van der Waals surface area contributed by atoms with Gasteiger partial charge in [0.05, 0.1) is 11.4 Å². The number of aryl methyl sites for hydroxylation is 4. The van der Waals surface area contributed by atoms with Gasteiger partial charge < -0.3 is 14.5 Å². The van der Waals surface area contributed by atoms with E-state index in [4.69, 9.17) is 14.8 Å². The summed E-state index contributed by atoms with van der Waals surface area (Å²) in [5.41, 5.74) is 7.39. The average molecular weight is 498 g/mol. The number of piperazine rings is 1. The Kier molecular flexibility index (Phi) is 6.87. The van der Waals surface area contributed by atoms with Crippen molar-refractivity contribution in [2.75, 3.05) is 31.1 Å². The molecular weight excluding hydrogens is 462 g/mol. The molecule has 7 heteroatoms. The van der Waals surface area contributed by atoms with E-state index >= 15 is 0 Å². The molecule has 4 aromatic rings. The first-order valence-electron chi connectivity index (χ1n) is 13.0. The summed E-state index contributed by atoms with van der Waals surface area (Å²) in [4.78, 5) is 22.2. The Morgan fingerprint density at radius 3 is 2.49 bits per heavy atom. The van der Waals surface area contributed by atoms with Gasteiger partial charge in [-0.3, -0.25) is 4.79 Å². The molecule has 2 aromatic heterocycles. The van der Waals surface area contributed by atoms with Crippen molar-refractivity contribution < 1.29 is 9.53 Å². The highest BCUT2D eigenvalue weighted by Gasteiger charge is 2.27. The van der Waals surface area contributed by atoms with Crippen LogP contribution in [0.25, 0.3) is 16.7 Å². The predicted molar refractivity (Wildman–Crippen MR) is 148 cm³/mol. The van der Waals surface area contributed by atoms with E-state index in [-0.39, 0.29) is 18.6 Å². The van der Waals surface area contributed by atoms with Gasteiger partial charge in [-0.05, 0) is 69.5 Å². The molecule has 5 rings (SSSR count). The lowest BCUT2D eigenvalue weighted by Gasteiger charge is -2.41. The van der Waals surface area contributed by atoms with Crippen molar-refractivity contribution in [2.24, 2.45) is 0 Å². The number of hydrogen-bond acceptors (Lipinski definition) is 5. The second kappa shape index (κ2) is 10.2. The maximum Gasteiger partial charge on any atom is 0.260 e. The Morgan fingerprint density at radius 1 is 1.00 bits per heavy atom. The minimum absolute atomic E-state index is 0.0149. The molecule has 1 saturated heterocycles. The number of ether oxygens (including phenoxy) is 1. The standard InChI is InChI=1S/C30H35N5O2/c1-6-24-17-27(31-30-29(24)23(5)32-35(30)25-12-10-20(2)11-13-25)37-19-28(36)33-14-15-34(22(4)18-33)26-9-7-8-21(3)16-26/h7-13,16-17,22H,6,14-15,18-19H2,1-5H3/t22-/m0/s1. The Bertz CT molecular complexity index is 1430. The van der Waals surface area contributed by atoms with Crippen LogP contribution in [0.1, 0.15) is 36.2 Å². The lowest BCUT2D eigenvalue weighted by Crippen LogP contribution is -2.54. The molecule has 3 heterocycles. The van der Waals surface area contributed by atoms with Crippen molar-refractivity contribution in [3.05, 3.63) is 77.0 Å². The first-order chi connectivity index (χ1) is 17.8. The quantitative estimate of drug-likeness (QED) is 0.374. The molecule has 1 fully saturated rings. The van der Waals surface area contributed by atoms with Crippen molar-refractivity contribution in [1.29, 1.82) is 0 Å². The van der Waals surface area contributed by atoms with Gasteiger partial charge in [0, 0.05) is 42.8 Å². The fraction of sp³-hybridized carbons (Fsp3) is 0.367. The van der Waals surface area contributed by atoms with E-state index in [2.05, 4.69) is 69.0 Å². The molecule has 0 saturated carbocycles. The number of pyridine rings is 1. The Hall–Kier alpha value is -3.87. The number of carbonyl (C=O) groups excluding carboxylic acids is 1. The van der Waals surface area contributed by atoms with E-state index in [0.29, 0.717) is 19.0 Å². The normalized spacial score (nSPS) is 15.9. The number of fused-ring (bicyclic) bond motifs is 1. The molecule has 192 valence electrons. The maximum absolute atomic E-state index is 13.1. The first-order valence-corrected chi connectivity index (χ1v) is 13.0. The minimum atomic E-state index is -0.0313. The molecule has 0 bridgehead atoms. The lowest BCUT2D eigenvalue weighted by atomic mass is 10.1. The first kappa shape index (κ1) is 24.8. The van der Waals surface area contributed by atoms with Gasteiger partial charge in [-0.1, -0.05) is 36.8 Å². The summed E-state index contributed by atoms with van der Waals surface area (Å²) in [5.74, 6) is 0.441. The summed E-state index contributed by atoms with van der Waals surface area (Å²) in [7, 11) is 0. The number of benzene rings is 2. The molecule has 0 radical (unpaired) electrons. The van der Waals surface area contributed by atoms with Crippen LogP contribution >= 0.6 is 0 Å². The summed E-state index contributed by atoms with van der Waals surface area (Å²) >= 11 is 0. The van der Waals surface area contributed by atoms with Gasteiger partial charge in [0.1, 0.15) is 0 Å². The summed E-state index contributed by atoms with van der Waals surface area (Å²) in [6, 6.07) is 18.9. The molecule has 0 aliphatic carbocycles. The predicted octanol–water partition coefficient (Wildman–Crippen LogP) is 5.02. The van der Waals surface area contributed by atoms with Gasteiger partial charge in [0.15, 0.2) is 12.3 Å². The average Bonchev–Trinajstić information content (AvgIpc) is 3.23. The van der Waals surface area contributed by atoms with Gasteiger partial charge in [0.25, 0.3) is 5.91 Å². The fourth-order valence-corrected chi connectivity index (χ4v) is 5.17. The SMILES string of the molecule is CCc1cc(OCC(=O)N2CCN(c3cccc(C)c3)[C@@H](C)C2)nc2c1c(C)nn2-c1ccc(C)cc1. The molecule has 1 atom stereocenters. The number of nitrogens with zero attached hydrogens (tertiary/aromatic N) is 5. The zero-order chi connectivity index (χ0) is 26.1. The molecule has 1 aliphatic heterocycles. The van der Waals surface area contributed by atoms with E-state index in [1.807, 2.05) is 34.7 Å². The molecule has 1 amide bonds. The van der Waals surface area contributed by atoms with Crippen molar-refractivity contribution >= 4 is 22.6 Å². The van der Waals surface area contributed by atoms with Crippen LogP contribution in [0.15, 0.2) is 54.6 Å². The Morgan fingerprint density at radius 2 is 1.78 bits per heavy atom. The van der Waals surface area contributed by atoms with Crippen LogP contribution in [-0.2, 0) is 11.2 Å². The third kappa shape index (κ3) is 5.03. The number of carbonyl (C=O) groups is 1. The van der Waals surface area contributed by atoms with Crippen LogP contribution in [0.3, 0.4) is 0 Å². The second-order valence-corrected chi connectivity index (χ2v) is 10.0. The monoisotopic (exact) mass is 497 g/mol. The van der Waals surface area contributed by atoms with E-state index < -0.39 is 0 Å². The highest BCUT2D eigenvalue weighted by atomic mass is 16.5. The Labute approximate surface area is 218 Å². The largest absolute Gasteiger partial charge is 0.467 e. The molecule has 0 N–H and O–H groups in total. The van der Waals surface area contributed by atoms with Crippen LogP contribution in [0.4, 0.5) is 5.69 Å². The summed E-state index contributed by atoms with van der Waals surface area (Å²) in [6.45, 7) is 12.6. The summed E-state index contributed by atoms with van der Waals surface area (Å²) in [5, 5.41) is 5.82. The van der Waals surface area contributed by atoms with Gasteiger partial charge >= 0.3 is 0 Å². The minimum Gasteiger partial charge on any atom is -0.467 e. The fourth-order valence-electron chi connectivity index (χ4n) is 5.17. The molecular formula is C30H35N5O2. The van der Waals surface area contributed by atoms with Crippen LogP contribution in [-0.4, -0.2) is 57.9 Å². The van der Waals surface area contributed by atoms with Crippen molar-refractivity contribution in [3.63, 3.8) is 0 Å². The van der Waals surface area contributed by atoms with Gasteiger partial charge in [-0.25, -0.2) is 4.68 Å². The number of rotatable bonds is 6. The highest BCUT2D eigenvalue weighted by molar-refractivity contribution is 5.84. The van der Waals surface area contributed by atoms with Crippen molar-refractivity contribution in [3.8, 4) is 11.6 Å². The maximum atomic E-state index is 13.1. The molecule has 0 unspecified atom stereocenters. The molecule has 0 spiro atoms. The highest BCUT2D eigenvalue weighted by Crippen LogP contribution is 2.28. The van der Waals surface area contributed by atoms with Crippen molar-refractivity contribution in [1.82, 2.24) is 19.7 Å². The third-order valence-corrected chi connectivity index (χ3v) is 7.19. The zero-order valence-corrected chi connectivity index (χ0v) is 22.4. The van der Waals surface area contributed by atoms with Crippen LogP contribution in [0.2, 0.25) is 0 Å². The van der Waals surface area contributed by atoms with E-state index in [1.165, 1.54) is 16.8 Å². The molecule has 37 heavy (non-hydrogen) atoms. The summed E-state index contributed by atoms with van der Waals surface area (Å²) in [6.07, 6.45) is 0.822. The zero-order valence-electron chi connectivity index (χ0n) is 22.4. The van der Waals surface area contributed by atoms with E-state index in [9.17, 15) is 4.79 Å². The van der Waals surface area contributed by atoms with Crippen LogP contribution < -0.4 is 9.64 Å². The van der Waals surface area contributed by atoms with Crippen LogP contribution in [0, 0.1) is 20.8 Å². The number of hydrogen-bond donors (Lipinski definition) is 0. The Balaban J connectivity index is 1.31. The number of anilines is 1.